The topological polar surface area (TPSA) is 41.9 Å². The second-order valence-electron chi connectivity index (χ2n) is 5.32. The second-order valence-corrected chi connectivity index (χ2v) is 6.27. The lowest BCUT2D eigenvalue weighted by Crippen LogP contribution is -2.33. The smallest absolute Gasteiger partial charge is 0.263 e. The summed E-state index contributed by atoms with van der Waals surface area (Å²) in [4.78, 5) is 19.2. The molecule has 1 heterocycles. The molecule has 1 aliphatic rings. The van der Waals surface area contributed by atoms with E-state index in [1.165, 1.54) is 5.56 Å². The van der Waals surface area contributed by atoms with Gasteiger partial charge in [0.1, 0.15) is 5.75 Å². The number of nitrogens with zero attached hydrogens (tertiary/aromatic N) is 2. The van der Waals surface area contributed by atoms with Crippen LogP contribution in [-0.2, 0) is 5.75 Å². The van der Waals surface area contributed by atoms with Crippen LogP contribution in [-0.4, -0.2) is 35.7 Å². The van der Waals surface area contributed by atoms with E-state index >= 15 is 0 Å². The zero-order valence-corrected chi connectivity index (χ0v) is 14.5. The Kier molecular flexibility index (Phi) is 5.54. The SMILES string of the molecule is CCOc1ccccc1C(=O)N1CCN=C1SCc1ccccc1. The number of amidine groups is 1. The van der Waals surface area contributed by atoms with Crippen LogP contribution in [0.3, 0.4) is 0 Å². The molecular formula is C19H20N2O2S. The van der Waals surface area contributed by atoms with Gasteiger partial charge < -0.3 is 4.74 Å². The average molecular weight is 340 g/mol. The van der Waals surface area contributed by atoms with Crippen LogP contribution >= 0.6 is 11.8 Å². The fourth-order valence-electron chi connectivity index (χ4n) is 2.53. The van der Waals surface area contributed by atoms with Crippen LogP contribution in [0.2, 0.25) is 0 Å². The third-order valence-corrected chi connectivity index (χ3v) is 4.76. The number of ether oxygens (including phenoxy) is 1. The van der Waals surface area contributed by atoms with Crippen molar-refractivity contribution in [1.82, 2.24) is 4.90 Å². The number of para-hydroxylation sites is 1. The first-order valence-electron chi connectivity index (χ1n) is 8.04. The van der Waals surface area contributed by atoms with Gasteiger partial charge in [-0.05, 0) is 24.6 Å². The zero-order chi connectivity index (χ0) is 16.8. The average Bonchev–Trinajstić information content (AvgIpc) is 3.10. The number of amides is 1. The van der Waals surface area contributed by atoms with Crippen molar-refractivity contribution in [3.63, 3.8) is 0 Å². The maximum atomic E-state index is 12.9. The van der Waals surface area contributed by atoms with Crippen LogP contribution in [0, 0.1) is 0 Å². The van der Waals surface area contributed by atoms with Crippen LogP contribution in [0.1, 0.15) is 22.8 Å². The maximum absolute atomic E-state index is 12.9. The van der Waals surface area contributed by atoms with Gasteiger partial charge in [0.05, 0.1) is 18.7 Å². The molecule has 3 rings (SSSR count). The minimum absolute atomic E-state index is 0.0455. The van der Waals surface area contributed by atoms with Gasteiger partial charge in [0, 0.05) is 12.3 Å². The Morgan fingerprint density at radius 2 is 1.92 bits per heavy atom. The Bertz CT molecular complexity index is 731. The van der Waals surface area contributed by atoms with E-state index in [1.54, 1.807) is 16.7 Å². The number of carbonyl (C=O) groups is 1. The van der Waals surface area contributed by atoms with E-state index in [0.29, 0.717) is 31.0 Å². The number of rotatable bonds is 5. The summed E-state index contributed by atoms with van der Waals surface area (Å²) in [6.45, 7) is 3.73. The van der Waals surface area contributed by atoms with Crippen LogP contribution in [0.5, 0.6) is 5.75 Å². The summed E-state index contributed by atoms with van der Waals surface area (Å²) in [7, 11) is 0. The van der Waals surface area contributed by atoms with Gasteiger partial charge in [0.25, 0.3) is 5.91 Å². The molecule has 0 unspecified atom stereocenters. The molecule has 0 aromatic heterocycles. The summed E-state index contributed by atoms with van der Waals surface area (Å²) in [5.74, 6) is 1.39. The Morgan fingerprint density at radius 1 is 1.17 bits per heavy atom. The van der Waals surface area contributed by atoms with Crippen molar-refractivity contribution in [3.8, 4) is 5.75 Å². The highest BCUT2D eigenvalue weighted by Gasteiger charge is 2.27. The number of thioether (sulfide) groups is 1. The number of hydrogen-bond donors (Lipinski definition) is 0. The lowest BCUT2D eigenvalue weighted by molar-refractivity contribution is 0.0856. The second kappa shape index (κ2) is 8.02. The van der Waals surface area contributed by atoms with Gasteiger partial charge in [0.2, 0.25) is 0 Å². The summed E-state index contributed by atoms with van der Waals surface area (Å²) in [6, 6.07) is 17.6. The number of benzene rings is 2. The van der Waals surface area contributed by atoms with Crippen LogP contribution < -0.4 is 4.74 Å². The predicted molar refractivity (Wildman–Crippen MR) is 98.7 cm³/mol. The molecule has 2 aromatic carbocycles. The highest BCUT2D eigenvalue weighted by Crippen LogP contribution is 2.25. The highest BCUT2D eigenvalue weighted by atomic mass is 32.2. The molecule has 0 saturated heterocycles. The summed E-state index contributed by atoms with van der Waals surface area (Å²) in [5.41, 5.74) is 1.81. The Labute approximate surface area is 146 Å². The molecule has 0 atom stereocenters. The summed E-state index contributed by atoms with van der Waals surface area (Å²) >= 11 is 1.60. The third kappa shape index (κ3) is 3.79. The number of hydrogen-bond acceptors (Lipinski definition) is 4. The molecule has 1 aliphatic heterocycles. The van der Waals surface area contributed by atoms with Gasteiger partial charge in [-0.3, -0.25) is 14.7 Å². The molecule has 0 fully saturated rings. The van der Waals surface area contributed by atoms with Crippen molar-refractivity contribution < 1.29 is 9.53 Å². The quantitative estimate of drug-likeness (QED) is 0.831. The van der Waals surface area contributed by atoms with E-state index < -0.39 is 0 Å². The number of carbonyl (C=O) groups excluding carboxylic acids is 1. The van der Waals surface area contributed by atoms with Crippen molar-refractivity contribution in [1.29, 1.82) is 0 Å². The van der Waals surface area contributed by atoms with E-state index in [4.69, 9.17) is 4.74 Å². The molecule has 1 amide bonds. The Hall–Kier alpha value is -2.27. The van der Waals surface area contributed by atoms with Gasteiger partial charge in [-0.25, -0.2) is 0 Å². The van der Waals surface area contributed by atoms with Crippen molar-refractivity contribution in [2.24, 2.45) is 4.99 Å². The maximum Gasteiger partial charge on any atom is 0.263 e. The molecule has 0 saturated carbocycles. The summed E-state index contributed by atoms with van der Waals surface area (Å²) in [5, 5.41) is 0.787. The van der Waals surface area contributed by atoms with Gasteiger partial charge in [-0.15, -0.1) is 0 Å². The fraction of sp³-hybridized carbons (Fsp3) is 0.263. The molecular weight excluding hydrogens is 320 g/mol. The molecule has 24 heavy (non-hydrogen) atoms. The molecule has 4 nitrogen and oxygen atoms in total. The van der Waals surface area contributed by atoms with Crippen molar-refractivity contribution >= 4 is 22.8 Å². The molecule has 5 heteroatoms. The third-order valence-electron chi connectivity index (χ3n) is 3.67. The first kappa shape index (κ1) is 16.6. The van der Waals surface area contributed by atoms with Crippen LogP contribution in [0.4, 0.5) is 0 Å². The minimum atomic E-state index is -0.0455. The molecule has 0 bridgehead atoms. The highest BCUT2D eigenvalue weighted by molar-refractivity contribution is 8.13. The van der Waals surface area contributed by atoms with Crippen molar-refractivity contribution in [2.45, 2.75) is 12.7 Å². The number of aliphatic imine (C=N–C) groups is 1. The predicted octanol–water partition coefficient (Wildman–Crippen LogP) is 3.83. The first-order valence-corrected chi connectivity index (χ1v) is 9.03. The Morgan fingerprint density at radius 3 is 2.71 bits per heavy atom. The monoisotopic (exact) mass is 340 g/mol. The zero-order valence-electron chi connectivity index (χ0n) is 13.6. The minimum Gasteiger partial charge on any atom is -0.493 e. The van der Waals surface area contributed by atoms with Gasteiger partial charge >= 0.3 is 0 Å². The summed E-state index contributed by atoms with van der Waals surface area (Å²) < 4.78 is 5.59. The molecule has 0 aliphatic carbocycles. The molecule has 124 valence electrons. The van der Waals surface area contributed by atoms with Gasteiger partial charge in [-0.2, -0.15) is 0 Å². The van der Waals surface area contributed by atoms with Crippen molar-refractivity contribution in [2.75, 3.05) is 19.7 Å². The lowest BCUT2D eigenvalue weighted by atomic mass is 10.2. The van der Waals surface area contributed by atoms with Gasteiger partial charge in [-0.1, -0.05) is 54.2 Å². The standard InChI is InChI=1S/C19H20N2O2S/c1-2-23-17-11-7-6-10-16(17)18(22)21-13-12-20-19(21)24-14-15-8-4-3-5-9-15/h3-11H,2,12-14H2,1H3. The van der Waals surface area contributed by atoms with E-state index in [9.17, 15) is 4.79 Å². The fourth-order valence-corrected chi connectivity index (χ4v) is 3.53. The van der Waals surface area contributed by atoms with Crippen molar-refractivity contribution in [3.05, 3.63) is 65.7 Å². The molecule has 0 radical (unpaired) electrons. The van der Waals surface area contributed by atoms with E-state index in [0.717, 1.165) is 10.9 Å². The lowest BCUT2D eigenvalue weighted by Gasteiger charge is -2.19. The van der Waals surface area contributed by atoms with Gasteiger partial charge in [0.15, 0.2) is 5.17 Å². The first-order chi connectivity index (χ1) is 11.8. The normalized spacial score (nSPS) is 13.7. The molecule has 0 N–H and O–H groups in total. The van der Waals surface area contributed by atoms with E-state index in [-0.39, 0.29) is 5.91 Å². The molecule has 2 aromatic rings. The Balaban J connectivity index is 1.72. The molecule has 0 spiro atoms. The summed E-state index contributed by atoms with van der Waals surface area (Å²) in [6.07, 6.45) is 0. The van der Waals surface area contributed by atoms with Crippen LogP contribution in [0.15, 0.2) is 59.6 Å². The van der Waals surface area contributed by atoms with E-state index in [2.05, 4.69) is 17.1 Å². The van der Waals surface area contributed by atoms with E-state index in [1.807, 2.05) is 49.4 Å². The largest absolute Gasteiger partial charge is 0.493 e. The van der Waals surface area contributed by atoms with Crippen LogP contribution in [0.25, 0.3) is 0 Å².